The lowest BCUT2D eigenvalue weighted by molar-refractivity contribution is -0.116. The highest BCUT2D eigenvalue weighted by Crippen LogP contribution is 2.26. The van der Waals surface area contributed by atoms with E-state index >= 15 is 0 Å². The van der Waals surface area contributed by atoms with Crippen LogP contribution in [0.2, 0.25) is 0 Å². The highest BCUT2D eigenvalue weighted by atomic mass is 32.2. The zero-order chi connectivity index (χ0) is 14.4. The average molecular weight is 290 g/mol. The zero-order valence-electron chi connectivity index (χ0n) is 11.4. The number of nitrogens with one attached hydrogen (secondary N) is 1. The molecule has 2 rings (SSSR count). The molecule has 20 heavy (non-hydrogen) atoms. The number of rotatable bonds is 6. The van der Waals surface area contributed by atoms with E-state index in [0.29, 0.717) is 19.4 Å². The monoisotopic (exact) mass is 290 g/mol. The third kappa shape index (κ3) is 4.11. The van der Waals surface area contributed by atoms with Gasteiger partial charge >= 0.3 is 0 Å². The summed E-state index contributed by atoms with van der Waals surface area (Å²) in [6.07, 6.45) is 4.85. The molecule has 1 aromatic carbocycles. The number of aryl methyl sites for hydroxylation is 1. The molecule has 1 aromatic heterocycles. The first kappa shape index (κ1) is 14.6. The molecule has 0 spiro atoms. The van der Waals surface area contributed by atoms with Gasteiger partial charge in [0.05, 0.1) is 0 Å². The van der Waals surface area contributed by atoms with Gasteiger partial charge in [-0.05, 0) is 37.2 Å². The predicted molar refractivity (Wildman–Crippen MR) is 80.7 cm³/mol. The van der Waals surface area contributed by atoms with Crippen molar-refractivity contribution in [2.24, 2.45) is 12.8 Å². The Labute approximate surface area is 122 Å². The van der Waals surface area contributed by atoms with Crippen molar-refractivity contribution in [3.05, 3.63) is 36.7 Å². The highest BCUT2D eigenvalue weighted by molar-refractivity contribution is 7.99. The van der Waals surface area contributed by atoms with E-state index in [1.165, 1.54) is 0 Å². The van der Waals surface area contributed by atoms with Crippen LogP contribution < -0.4 is 11.1 Å². The van der Waals surface area contributed by atoms with Gasteiger partial charge in [0.15, 0.2) is 5.16 Å². The van der Waals surface area contributed by atoms with Gasteiger partial charge in [0.1, 0.15) is 0 Å². The molecule has 0 aliphatic heterocycles. The summed E-state index contributed by atoms with van der Waals surface area (Å²) in [6.45, 7) is 0.534. The number of carbonyl (C=O) groups excluding carboxylic acids is 1. The topological polar surface area (TPSA) is 72.9 Å². The number of nitrogens with zero attached hydrogens (tertiary/aromatic N) is 2. The Morgan fingerprint density at radius 2 is 2.15 bits per heavy atom. The molecule has 0 unspecified atom stereocenters. The van der Waals surface area contributed by atoms with E-state index in [1.807, 2.05) is 42.1 Å². The molecule has 0 saturated heterocycles. The number of carbonyl (C=O) groups is 1. The molecular weight excluding hydrogens is 272 g/mol. The lowest BCUT2D eigenvalue weighted by Gasteiger charge is -2.06. The molecule has 0 aliphatic carbocycles. The minimum atomic E-state index is -0.0000423. The Morgan fingerprint density at radius 3 is 2.75 bits per heavy atom. The van der Waals surface area contributed by atoms with Gasteiger partial charge in [0, 0.05) is 36.4 Å². The molecule has 1 heterocycles. The van der Waals surface area contributed by atoms with Gasteiger partial charge in [0.2, 0.25) is 5.91 Å². The van der Waals surface area contributed by atoms with Crippen molar-refractivity contribution in [1.82, 2.24) is 9.55 Å². The Hall–Kier alpha value is -1.79. The maximum Gasteiger partial charge on any atom is 0.224 e. The minimum absolute atomic E-state index is 0.0000423. The SMILES string of the molecule is Cn1ccnc1Sc1ccc(NC(=O)CCCN)cc1. The van der Waals surface area contributed by atoms with Crippen LogP contribution >= 0.6 is 11.8 Å². The van der Waals surface area contributed by atoms with E-state index in [4.69, 9.17) is 5.73 Å². The Kier molecular flexibility index (Phi) is 5.20. The van der Waals surface area contributed by atoms with E-state index in [1.54, 1.807) is 18.0 Å². The molecule has 1 amide bonds. The molecule has 2 aromatic rings. The van der Waals surface area contributed by atoms with Gasteiger partial charge in [-0.2, -0.15) is 0 Å². The number of anilines is 1. The van der Waals surface area contributed by atoms with Gasteiger partial charge in [-0.25, -0.2) is 4.98 Å². The van der Waals surface area contributed by atoms with Crippen LogP contribution in [0.1, 0.15) is 12.8 Å². The average Bonchev–Trinajstić information content (AvgIpc) is 2.84. The summed E-state index contributed by atoms with van der Waals surface area (Å²) in [5.74, 6) is -0.0000423. The largest absolute Gasteiger partial charge is 0.330 e. The lowest BCUT2D eigenvalue weighted by atomic mass is 10.2. The van der Waals surface area contributed by atoms with Crippen molar-refractivity contribution in [2.75, 3.05) is 11.9 Å². The number of hydrogen-bond acceptors (Lipinski definition) is 4. The maximum atomic E-state index is 11.6. The number of benzene rings is 1. The second-order valence-corrected chi connectivity index (χ2v) is 5.43. The molecule has 5 nitrogen and oxygen atoms in total. The van der Waals surface area contributed by atoms with E-state index in [0.717, 1.165) is 15.7 Å². The molecule has 3 N–H and O–H groups in total. The first-order valence-corrected chi connectivity index (χ1v) is 7.26. The number of aromatic nitrogens is 2. The molecule has 106 valence electrons. The van der Waals surface area contributed by atoms with Crippen LogP contribution in [-0.2, 0) is 11.8 Å². The third-order valence-electron chi connectivity index (χ3n) is 2.73. The standard InChI is InChI=1S/C14H18N4OS/c1-18-10-9-16-14(18)20-12-6-4-11(5-7-12)17-13(19)3-2-8-15/h4-7,9-10H,2-3,8,15H2,1H3,(H,17,19). The fourth-order valence-corrected chi connectivity index (χ4v) is 2.45. The van der Waals surface area contributed by atoms with Crippen LogP contribution in [0.4, 0.5) is 5.69 Å². The molecule has 0 aliphatic rings. The van der Waals surface area contributed by atoms with Crippen LogP contribution in [0.25, 0.3) is 0 Å². The van der Waals surface area contributed by atoms with Gasteiger partial charge < -0.3 is 15.6 Å². The Morgan fingerprint density at radius 1 is 1.40 bits per heavy atom. The number of imidazole rings is 1. The lowest BCUT2D eigenvalue weighted by Crippen LogP contribution is -2.13. The predicted octanol–water partition coefficient (Wildman–Crippen LogP) is 2.25. The third-order valence-corrected chi connectivity index (χ3v) is 3.82. The molecule has 0 saturated carbocycles. The van der Waals surface area contributed by atoms with Crippen molar-refractivity contribution in [2.45, 2.75) is 22.9 Å². The smallest absolute Gasteiger partial charge is 0.224 e. The van der Waals surface area contributed by atoms with E-state index in [-0.39, 0.29) is 5.91 Å². The fraction of sp³-hybridized carbons (Fsp3) is 0.286. The Balaban J connectivity index is 1.93. The first-order valence-electron chi connectivity index (χ1n) is 6.44. The second kappa shape index (κ2) is 7.12. The number of nitrogens with two attached hydrogens (primary N) is 1. The van der Waals surface area contributed by atoms with Crippen LogP contribution in [0.15, 0.2) is 46.7 Å². The normalized spacial score (nSPS) is 10.5. The quantitative estimate of drug-likeness (QED) is 0.856. The van der Waals surface area contributed by atoms with Crippen LogP contribution in [-0.4, -0.2) is 22.0 Å². The second-order valence-electron chi connectivity index (χ2n) is 4.39. The van der Waals surface area contributed by atoms with Crippen molar-refractivity contribution in [1.29, 1.82) is 0 Å². The number of hydrogen-bond donors (Lipinski definition) is 2. The van der Waals surface area contributed by atoms with Crippen molar-refractivity contribution < 1.29 is 4.79 Å². The molecule has 0 atom stereocenters. The van der Waals surface area contributed by atoms with E-state index < -0.39 is 0 Å². The molecule has 6 heteroatoms. The molecule has 0 fully saturated rings. The summed E-state index contributed by atoms with van der Waals surface area (Å²) in [7, 11) is 1.96. The van der Waals surface area contributed by atoms with Gasteiger partial charge in [-0.1, -0.05) is 11.8 Å². The van der Waals surface area contributed by atoms with Gasteiger partial charge in [0.25, 0.3) is 0 Å². The van der Waals surface area contributed by atoms with Crippen molar-refractivity contribution in [3.8, 4) is 0 Å². The fourth-order valence-electron chi connectivity index (χ4n) is 1.65. The van der Waals surface area contributed by atoms with Crippen molar-refractivity contribution in [3.63, 3.8) is 0 Å². The van der Waals surface area contributed by atoms with Gasteiger partial charge in [-0.3, -0.25) is 4.79 Å². The Bertz CT molecular complexity index is 565. The summed E-state index contributed by atoms with van der Waals surface area (Å²) in [6, 6.07) is 7.73. The molecular formula is C14H18N4OS. The highest BCUT2D eigenvalue weighted by Gasteiger charge is 2.04. The molecule has 0 bridgehead atoms. The van der Waals surface area contributed by atoms with Crippen LogP contribution in [0.5, 0.6) is 0 Å². The molecule has 0 radical (unpaired) electrons. The minimum Gasteiger partial charge on any atom is -0.330 e. The summed E-state index contributed by atoms with van der Waals surface area (Å²) in [5, 5.41) is 3.78. The summed E-state index contributed by atoms with van der Waals surface area (Å²) >= 11 is 1.58. The summed E-state index contributed by atoms with van der Waals surface area (Å²) in [4.78, 5) is 16.9. The van der Waals surface area contributed by atoms with E-state index in [9.17, 15) is 4.79 Å². The maximum absolute atomic E-state index is 11.6. The van der Waals surface area contributed by atoms with Crippen molar-refractivity contribution >= 4 is 23.4 Å². The van der Waals surface area contributed by atoms with Crippen LogP contribution in [0.3, 0.4) is 0 Å². The summed E-state index contributed by atoms with van der Waals surface area (Å²) in [5.41, 5.74) is 6.18. The summed E-state index contributed by atoms with van der Waals surface area (Å²) < 4.78 is 1.97. The zero-order valence-corrected chi connectivity index (χ0v) is 12.2. The number of amides is 1. The van der Waals surface area contributed by atoms with E-state index in [2.05, 4.69) is 10.3 Å². The van der Waals surface area contributed by atoms with Gasteiger partial charge in [-0.15, -0.1) is 0 Å². The first-order chi connectivity index (χ1) is 9.69. The van der Waals surface area contributed by atoms with Crippen LogP contribution in [0, 0.1) is 0 Å².